The molecule has 0 radical (unpaired) electrons. The highest BCUT2D eigenvalue weighted by Gasteiger charge is 2.13. The molecule has 4 nitrogen and oxygen atoms in total. The van der Waals surface area contributed by atoms with E-state index in [-0.39, 0.29) is 5.91 Å². The smallest absolute Gasteiger partial charge is 0.228 e. The number of para-hydroxylation sites is 2. The van der Waals surface area contributed by atoms with Gasteiger partial charge in [0.1, 0.15) is 5.52 Å². The summed E-state index contributed by atoms with van der Waals surface area (Å²) >= 11 is 6.24. The zero-order valence-corrected chi connectivity index (χ0v) is 12.9. The molecule has 0 spiro atoms. The van der Waals surface area contributed by atoms with Crippen molar-refractivity contribution in [3.05, 3.63) is 47.5 Å². The third-order valence-corrected chi connectivity index (χ3v) is 3.58. The van der Waals surface area contributed by atoms with Gasteiger partial charge in [-0.15, -0.1) is 0 Å². The average molecular weight is 315 g/mol. The highest BCUT2D eigenvalue weighted by Crippen LogP contribution is 2.32. The van der Waals surface area contributed by atoms with Crippen LogP contribution in [0.3, 0.4) is 0 Å². The molecule has 0 fully saturated rings. The lowest BCUT2D eigenvalue weighted by Gasteiger charge is -2.07. The normalized spacial score (nSPS) is 10.8. The molecule has 0 saturated heterocycles. The molecule has 5 heteroatoms. The number of hydrogen-bond acceptors (Lipinski definition) is 3. The third-order valence-electron chi connectivity index (χ3n) is 3.25. The number of amides is 1. The largest absolute Gasteiger partial charge is 0.436 e. The van der Waals surface area contributed by atoms with Crippen LogP contribution in [0, 0.1) is 0 Å². The van der Waals surface area contributed by atoms with Crippen molar-refractivity contribution in [2.75, 3.05) is 5.32 Å². The van der Waals surface area contributed by atoms with Crippen LogP contribution < -0.4 is 5.32 Å². The minimum Gasteiger partial charge on any atom is -0.436 e. The third kappa shape index (κ3) is 2.97. The summed E-state index contributed by atoms with van der Waals surface area (Å²) in [6, 6.07) is 12.8. The average Bonchev–Trinajstić information content (AvgIpc) is 2.93. The van der Waals surface area contributed by atoms with Crippen LogP contribution in [0.4, 0.5) is 5.69 Å². The molecule has 0 saturated carbocycles. The van der Waals surface area contributed by atoms with Crippen molar-refractivity contribution in [1.29, 1.82) is 0 Å². The first kappa shape index (κ1) is 14.6. The van der Waals surface area contributed by atoms with Crippen LogP contribution in [0.15, 0.2) is 46.9 Å². The van der Waals surface area contributed by atoms with Gasteiger partial charge in [0, 0.05) is 12.1 Å². The topological polar surface area (TPSA) is 55.1 Å². The number of benzene rings is 2. The van der Waals surface area contributed by atoms with Crippen LogP contribution in [-0.4, -0.2) is 10.9 Å². The monoisotopic (exact) mass is 314 g/mol. The van der Waals surface area contributed by atoms with Gasteiger partial charge in [-0.2, -0.15) is 0 Å². The van der Waals surface area contributed by atoms with Gasteiger partial charge in [-0.25, -0.2) is 4.98 Å². The Hall–Kier alpha value is -2.33. The molecule has 1 N–H and O–H groups in total. The summed E-state index contributed by atoms with van der Waals surface area (Å²) < 4.78 is 5.73. The van der Waals surface area contributed by atoms with Crippen molar-refractivity contribution in [2.45, 2.75) is 19.8 Å². The zero-order chi connectivity index (χ0) is 15.5. The second-order valence-corrected chi connectivity index (χ2v) is 5.39. The molecule has 22 heavy (non-hydrogen) atoms. The van der Waals surface area contributed by atoms with Gasteiger partial charge in [0.05, 0.1) is 10.6 Å². The Balaban J connectivity index is 1.97. The quantitative estimate of drug-likeness (QED) is 0.746. The summed E-state index contributed by atoms with van der Waals surface area (Å²) in [4.78, 5) is 16.1. The minimum absolute atomic E-state index is 0.0201. The summed E-state index contributed by atoms with van der Waals surface area (Å²) in [5.41, 5.74) is 2.82. The zero-order valence-electron chi connectivity index (χ0n) is 12.1. The van der Waals surface area contributed by atoms with Gasteiger partial charge in [0.15, 0.2) is 5.58 Å². The van der Waals surface area contributed by atoms with Crippen LogP contribution in [0.25, 0.3) is 22.6 Å². The number of anilines is 1. The molecule has 0 aliphatic heterocycles. The van der Waals surface area contributed by atoms with Crippen molar-refractivity contribution in [1.82, 2.24) is 4.98 Å². The molecule has 112 valence electrons. The Morgan fingerprint density at radius 3 is 2.86 bits per heavy atom. The van der Waals surface area contributed by atoms with E-state index in [1.807, 2.05) is 31.2 Å². The first-order valence-electron chi connectivity index (χ1n) is 7.12. The molecule has 1 heterocycles. The fraction of sp³-hybridized carbons (Fsp3) is 0.176. The maximum Gasteiger partial charge on any atom is 0.228 e. The standard InChI is InChI=1S/C17H15ClN2O2/c1-2-5-16(21)19-11-8-9-13(18)12(10-11)17-20-14-6-3-4-7-15(14)22-17/h3-4,6-10H,2,5H2,1H3,(H,19,21). The first-order chi connectivity index (χ1) is 10.7. The number of nitrogens with zero attached hydrogens (tertiary/aromatic N) is 1. The molecule has 0 atom stereocenters. The second-order valence-electron chi connectivity index (χ2n) is 4.98. The summed E-state index contributed by atoms with van der Waals surface area (Å²) in [6.07, 6.45) is 1.29. The number of nitrogens with one attached hydrogen (secondary N) is 1. The number of carbonyl (C=O) groups is 1. The minimum atomic E-state index is -0.0201. The lowest BCUT2D eigenvalue weighted by Crippen LogP contribution is -2.10. The van der Waals surface area contributed by atoms with Crippen molar-refractivity contribution >= 4 is 34.3 Å². The Bertz CT molecular complexity index is 793. The number of halogens is 1. The molecule has 1 amide bonds. The van der Waals surface area contributed by atoms with E-state index in [1.165, 1.54) is 0 Å². The fourth-order valence-corrected chi connectivity index (χ4v) is 2.40. The summed E-state index contributed by atoms with van der Waals surface area (Å²) in [5, 5.41) is 3.37. The Labute approximate surface area is 133 Å². The van der Waals surface area contributed by atoms with Gasteiger partial charge in [-0.05, 0) is 36.8 Å². The molecule has 0 aliphatic rings. The molecular weight excluding hydrogens is 300 g/mol. The van der Waals surface area contributed by atoms with Gasteiger partial charge in [0.25, 0.3) is 0 Å². The van der Waals surface area contributed by atoms with E-state index in [0.29, 0.717) is 34.2 Å². The maximum absolute atomic E-state index is 11.7. The molecule has 1 aromatic heterocycles. The van der Waals surface area contributed by atoms with Gasteiger partial charge >= 0.3 is 0 Å². The SMILES string of the molecule is CCCC(=O)Nc1ccc(Cl)c(-c2nc3ccccc3o2)c1. The Kier molecular flexibility index (Phi) is 4.11. The Morgan fingerprint density at radius 2 is 2.09 bits per heavy atom. The lowest BCUT2D eigenvalue weighted by molar-refractivity contribution is -0.116. The van der Waals surface area contributed by atoms with Crippen molar-refractivity contribution in [2.24, 2.45) is 0 Å². The van der Waals surface area contributed by atoms with Crippen molar-refractivity contribution in [3.8, 4) is 11.5 Å². The van der Waals surface area contributed by atoms with E-state index < -0.39 is 0 Å². The Morgan fingerprint density at radius 1 is 1.27 bits per heavy atom. The molecule has 3 rings (SSSR count). The van der Waals surface area contributed by atoms with E-state index >= 15 is 0 Å². The molecule has 0 bridgehead atoms. The number of rotatable bonds is 4. The summed E-state index contributed by atoms with van der Waals surface area (Å²) in [5.74, 6) is 0.422. The van der Waals surface area contributed by atoms with E-state index in [0.717, 1.165) is 11.9 Å². The van der Waals surface area contributed by atoms with Gasteiger partial charge in [-0.1, -0.05) is 30.7 Å². The molecule has 3 aromatic rings. The lowest BCUT2D eigenvalue weighted by atomic mass is 10.2. The van der Waals surface area contributed by atoms with Crippen LogP contribution in [0.2, 0.25) is 5.02 Å². The van der Waals surface area contributed by atoms with Gasteiger partial charge in [0.2, 0.25) is 11.8 Å². The summed E-state index contributed by atoms with van der Waals surface area (Å²) in [6.45, 7) is 1.96. The predicted octanol–water partition coefficient (Wildman–Crippen LogP) is 4.89. The highest BCUT2D eigenvalue weighted by atomic mass is 35.5. The van der Waals surface area contributed by atoms with Crippen LogP contribution in [0.5, 0.6) is 0 Å². The van der Waals surface area contributed by atoms with Gasteiger partial charge < -0.3 is 9.73 Å². The van der Waals surface area contributed by atoms with Gasteiger partial charge in [-0.3, -0.25) is 4.79 Å². The van der Waals surface area contributed by atoms with Crippen LogP contribution in [0.1, 0.15) is 19.8 Å². The number of carbonyl (C=O) groups excluding carboxylic acids is 1. The number of aromatic nitrogens is 1. The summed E-state index contributed by atoms with van der Waals surface area (Å²) in [7, 11) is 0. The highest BCUT2D eigenvalue weighted by molar-refractivity contribution is 6.33. The van der Waals surface area contributed by atoms with Crippen LogP contribution >= 0.6 is 11.6 Å². The van der Waals surface area contributed by atoms with Crippen molar-refractivity contribution in [3.63, 3.8) is 0 Å². The molecule has 0 aliphatic carbocycles. The van der Waals surface area contributed by atoms with E-state index in [2.05, 4.69) is 10.3 Å². The van der Waals surface area contributed by atoms with E-state index in [4.69, 9.17) is 16.0 Å². The maximum atomic E-state index is 11.7. The number of fused-ring (bicyclic) bond motifs is 1. The molecule has 2 aromatic carbocycles. The van der Waals surface area contributed by atoms with E-state index in [9.17, 15) is 4.79 Å². The second kappa shape index (κ2) is 6.20. The van der Waals surface area contributed by atoms with E-state index in [1.54, 1.807) is 18.2 Å². The molecular formula is C17H15ClN2O2. The number of oxazole rings is 1. The van der Waals surface area contributed by atoms with Crippen molar-refractivity contribution < 1.29 is 9.21 Å². The van der Waals surface area contributed by atoms with Crippen LogP contribution in [-0.2, 0) is 4.79 Å². The molecule has 0 unspecified atom stereocenters. The predicted molar refractivity (Wildman–Crippen MR) is 88.0 cm³/mol. The first-order valence-corrected chi connectivity index (χ1v) is 7.50. The fourth-order valence-electron chi connectivity index (χ4n) is 2.20. The number of hydrogen-bond donors (Lipinski definition) is 1.